The van der Waals surface area contributed by atoms with Crippen molar-refractivity contribution in [2.45, 2.75) is 32.9 Å². The van der Waals surface area contributed by atoms with Crippen molar-refractivity contribution < 1.29 is 9.53 Å². The predicted molar refractivity (Wildman–Crippen MR) is 92.0 cm³/mol. The molecule has 0 aromatic heterocycles. The molecule has 3 nitrogen and oxygen atoms in total. The summed E-state index contributed by atoms with van der Waals surface area (Å²) in [5, 5.41) is 2.97. The Kier molecular flexibility index (Phi) is 5.61. The highest BCUT2D eigenvalue weighted by Crippen LogP contribution is 2.18. The van der Waals surface area contributed by atoms with Crippen LogP contribution < -0.4 is 10.1 Å². The van der Waals surface area contributed by atoms with E-state index in [4.69, 9.17) is 4.74 Å². The zero-order valence-corrected chi connectivity index (χ0v) is 14.6. The van der Waals surface area contributed by atoms with Gasteiger partial charge < -0.3 is 10.1 Å². The van der Waals surface area contributed by atoms with E-state index in [-0.39, 0.29) is 11.9 Å². The summed E-state index contributed by atoms with van der Waals surface area (Å²) in [7, 11) is 0. The number of hydrogen-bond acceptors (Lipinski definition) is 2. The van der Waals surface area contributed by atoms with Gasteiger partial charge in [-0.3, -0.25) is 4.79 Å². The SMILES string of the molecule is Cc1cccc(OC(C)C(=O)NC(C)c2ccc(Br)cc2)c1. The first-order chi connectivity index (χ1) is 10.5. The van der Waals surface area contributed by atoms with Gasteiger partial charge in [0.2, 0.25) is 0 Å². The van der Waals surface area contributed by atoms with Gasteiger partial charge in [0.15, 0.2) is 6.10 Å². The number of aryl methyl sites for hydroxylation is 1. The lowest BCUT2D eigenvalue weighted by Crippen LogP contribution is -2.37. The van der Waals surface area contributed by atoms with Crippen LogP contribution in [0.15, 0.2) is 53.0 Å². The van der Waals surface area contributed by atoms with Crippen LogP contribution in [0.3, 0.4) is 0 Å². The minimum Gasteiger partial charge on any atom is -0.481 e. The van der Waals surface area contributed by atoms with Crippen LogP contribution in [-0.4, -0.2) is 12.0 Å². The topological polar surface area (TPSA) is 38.3 Å². The number of carbonyl (C=O) groups is 1. The molecule has 0 aliphatic carbocycles. The van der Waals surface area contributed by atoms with E-state index in [1.807, 2.05) is 62.4 Å². The van der Waals surface area contributed by atoms with Crippen LogP contribution in [0.25, 0.3) is 0 Å². The lowest BCUT2D eigenvalue weighted by atomic mass is 10.1. The van der Waals surface area contributed by atoms with Crippen LogP contribution in [0.5, 0.6) is 5.75 Å². The molecule has 2 aromatic carbocycles. The largest absolute Gasteiger partial charge is 0.481 e. The standard InChI is InChI=1S/C18H20BrNO2/c1-12-5-4-6-17(11-12)22-14(3)18(21)20-13(2)15-7-9-16(19)10-8-15/h4-11,13-14H,1-3H3,(H,20,21). The molecule has 0 fully saturated rings. The highest BCUT2D eigenvalue weighted by Gasteiger charge is 2.17. The Balaban J connectivity index is 1.94. The van der Waals surface area contributed by atoms with Crippen LogP contribution in [-0.2, 0) is 4.79 Å². The molecule has 0 spiro atoms. The molecular weight excluding hydrogens is 342 g/mol. The molecule has 22 heavy (non-hydrogen) atoms. The summed E-state index contributed by atoms with van der Waals surface area (Å²) in [6.45, 7) is 5.71. The van der Waals surface area contributed by atoms with Crippen LogP contribution in [0, 0.1) is 6.92 Å². The van der Waals surface area contributed by atoms with Crippen molar-refractivity contribution in [2.24, 2.45) is 0 Å². The minimum absolute atomic E-state index is 0.0656. The van der Waals surface area contributed by atoms with Crippen molar-refractivity contribution in [1.82, 2.24) is 5.32 Å². The fraction of sp³-hybridized carbons (Fsp3) is 0.278. The Morgan fingerprint density at radius 1 is 1.14 bits per heavy atom. The zero-order chi connectivity index (χ0) is 16.1. The summed E-state index contributed by atoms with van der Waals surface area (Å²) >= 11 is 3.40. The molecule has 116 valence electrons. The van der Waals surface area contributed by atoms with Crippen molar-refractivity contribution in [3.05, 3.63) is 64.1 Å². The predicted octanol–water partition coefficient (Wildman–Crippen LogP) is 4.40. The summed E-state index contributed by atoms with van der Waals surface area (Å²) in [5.74, 6) is 0.580. The third-order valence-corrected chi connectivity index (χ3v) is 3.93. The van der Waals surface area contributed by atoms with E-state index in [1.165, 1.54) is 0 Å². The first kappa shape index (κ1) is 16.6. The number of benzene rings is 2. The monoisotopic (exact) mass is 361 g/mol. The molecule has 1 amide bonds. The first-order valence-corrected chi connectivity index (χ1v) is 8.04. The summed E-state index contributed by atoms with van der Waals surface area (Å²) < 4.78 is 6.71. The highest BCUT2D eigenvalue weighted by atomic mass is 79.9. The van der Waals surface area contributed by atoms with Gasteiger partial charge in [0, 0.05) is 4.47 Å². The van der Waals surface area contributed by atoms with Crippen molar-refractivity contribution in [1.29, 1.82) is 0 Å². The van der Waals surface area contributed by atoms with E-state index >= 15 is 0 Å². The van der Waals surface area contributed by atoms with Crippen molar-refractivity contribution >= 4 is 21.8 Å². The summed E-state index contributed by atoms with van der Waals surface area (Å²) in [6, 6.07) is 15.5. The second-order valence-electron chi connectivity index (χ2n) is 5.36. The van der Waals surface area contributed by atoms with Crippen LogP contribution in [0.1, 0.15) is 31.0 Å². The Bertz CT molecular complexity index is 640. The van der Waals surface area contributed by atoms with E-state index in [9.17, 15) is 4.79 Å². The third-order valence-electron chi connectivity index (χ3n) is 3.40. The lowest BCUT2D eigenvalue weighted by molar-refractivity contribution is -0.127. The van der Waals surface area contributed by atoms with Crippen LogP contribution in [0.2, 0.25) is 0 Å². The molecule has 2 aromatic rings. The van der Waals surface area contributed by atoms with Gasteiger partial charge in [-0.1, -0.05) is 40.2 Å². The molecule has 0 heterocycles. The van der Waals surface area contributed by atoms with Gasteiger partial charge >= 0.3 is 0 Å². The van der Waals surface area contributed by atoms with E-state index in [1.54, 1.807) is 6.92 Å². The Labute approximate surface area is 139 Å². The van der Waals surface area contributed by atoms with E-state index < -0.39 is 6.10 Å². The Hall–Kier alpha value is -1.81. The van der Waals surface area contributed by atoms with Crippen molar-refractivity contribution in [3.8, 4) is 5.75 Å². The van der Waals surface area contributed by atoms with Crippen LogP contribution >= 0.6 is 15.9 Å². The number of carbonyl (C=O) groups excluding carboxylic acids is 1. The molecule has 2 rings (SSSR count). The van der Waals surface area contributed by atoms with Crippen molar-refractivity contribution in [2.75, 3.05) is 0 Å². The van der Waals surface area contributed by atoms with Gasteiger partial charge in [0.05, 0.1) is 6.04 Å². The van der Waals surface area contributed by atoms with Gasteiger partial charge in [-0.15, -0.1) is 0 Å². The Morgan fingerprint density at radius 2 is 1.82 bits per heavy atom. The Morgan fingerprint density at radius 3 is 2.45 bits per heavy atom. The maximum atomic E-state index is 12.2. The molecule has 0 saturated heterocycles. The quantitative estimate of drug-likeness (QED) is 0.856. The fourth-order valence-electron chi connectivity index (χ4n) is 2.11. The average molecular weight is 362 g/mol. The molecule has 4 heteroatoms. The van der Waals surface area contributed by atoms with E-state index in [2.05, 4.69) is 21.2 Å². The first-order valence-electron chi connectivity index (χ1n) is 7.25. The molecule has 0 radical (unpaired) electrons. The summed E-state index contributed by atoms with van der Waals surface area (Å²) in [5.41, 5.74) is 2.16. The molecule has 2 atom stereocenters. The maximum absolute atomic E-state index is 12.2. The van der Waals surface area contributed by atoms with Gasteiger partial charge in [-0.05, 0) is 56.2 Å². The average Bonchev–Trinajstić information content (AvgIpc) is 2.47. The molecular formula is C18H20BrNO2. The van der Waals surface area contributed by atoms with Gasteiger partial charge in [-0.2, -0.15) is 0 Å². The summed E-state index contributed by atoms with van der Waals surface area (Å²) in [6.07, 6.45) is -0.542. The number of amides is 1. The summed E-state index contributed by atoms with van der Waals surface area (Å²) in [4.78, 5) is 12.2. The van der Waals surface area contributed by atoms with Gasteiger partial charge in [-0.25, -0.2) is 0 Å². The molecule has 0 bridgehead atoms. The molecule has 1 N–H and O–H groups in total. The number of nitrogens with one attached hydrogen (secondary N) is 1. The maximum Gasteiger partial charge on any atom is 0.261 e. The highest BCUT2D eigenvalue weighted by molar-refractivity contribution is 9.10. The second kappa shape index (κ2) is 7.45. The number of halogens is 1. The zero-order valence-electron chi connectivity index (χ0n) is 13.0. The van der Waals surface area contributed by atoms with Crippen LogP contribution in [0.4, 0.5) is 0 Å². The number of hydrogen-bond donors (Lipinski definition) is 1. The van der Waals surface area contributed by atoms with Gasteiger partial charge in [0.25, 0.3) is 5.91 Å². The lowest BCUT2D eigenvalue weighted by Gasteiger charge is -2.19. The smallest absolute Gasteiger partial charge is 0.261 e. The number of rotatable bonds is 5. The second-order valence-corrected chi connectivity index (χ2v) is 6.27. The number of ether oxygens (including phenoxy) is 1. The minimum atomic E-state index is -0.542. The van der Waals surface area contributed by atoms with Gasteiger partial charge in [0.1, 0.15) is 5.75 Å². The molecule has 0 aliphatic rings. The molecule has 2 unspecified atom stereocenters. The third kappa shape index (κ3) is 4.60. The molecule has 0 saturated carbocycles. The van der Waals surface area contributed by atoms with E-state index in [0.29, 0.717) is 5.75 Å². The van der Waals surface area contributed by atoms with Crippen molar-refractivity contribution in [3.63, 3.8) is 0 Å². The van der Waals surface area contributed by atoms with E-state index in [0.717, 1.165) is 15.6 Å². The normalized spacial score (nSPS) is 13.3. The molecule has 0 aliphatic heterocycles. The fourth-order valence-corrected chi connectivity index (χ4v) is 2.38.